The van der Waals surface area contributed by atoms with Gasteiger partial charge in [0.25, 0.3) is 0 Å². The van der Waals surface area contributed by atoms with E-state index in [2.05, 4.69) is 0 Å². The zero-order valence-electron chi connectivity index (χ0n) is 6.05. The summed E-state index contributed by atoms with van der Waals surface area (Å²) in [6.45, 7) is -1.56. The molecule has 0 saturated carbocycles. The average molecular weight is 104 g/mol. The summed E-state index contributed by atoms with van der Waals surface area (Å²) in [7, 11) is 0. The molecule has 2 heteroatoms. The van der Waals surface area contributed by atoms with Gasteiger partial charge in [0.05, 0.1) is 15.5 Å². The summed E-state index contributed by atoms with van der Waals surface area (Å²) in [5, 5.41) is 8.51. The predicted octanol–water partition coefficient (Wildman–Crippen LogP) is 0.158. The molecule has 1 aliphatic rings. The van der Waals surface area contributed by atoms with E-state index < -0.39 is 6.56 Å². The summed E-state index contributed by atoms with van der Waals surface area (Å²) >= 11 is 0. The first-order valence-corrected chi connectivity index (χ1v) is 2.43. The van der Waals surface area contributed by atoms with Gasteiger partial charge in [0.15, 0.2) is 0 Å². The molecular formula is C5H10O2. The molecule has 1 saturated heterocycles. The second-order valence-electron chi connectivity index (χ2n) is 1.61. The Balaban J connectivity index is 2.38. The maximum absolute atomic E-state index is 8.51. The molecule has 1 atom stereocenters. The highest BCUT2D eigenvalue weighted by atomic mass is 16.5. The van der Waals surface area contributed by atoms with Crippen molar-refractivity contribution >= 4 is 0 Å². The summed E-state index contributed by atoms with van der Waals surface area (Å²) in [6.07, 6.45) is 0.752. The lowest BCUT2D eigenvalue weighted by Crippen LogP contribution is -2.09. The molecular weight excluding hydrogens is 92.1 g/mol. The van der Waals surface area contributed by atoms with Crippen molar-refractivity contribution in [1.29, 1.82) is 0 Å². The van der Waals surface area contributed by atoms with Crippen molar-refractivity contribution in [2.45, 2.75) is 18.9 Å². The van der Waals surface area contributed by atoms with Gasteiger partial charge in [-0.3, -0.25) is 0 Å². The van der Waals surface area contributed by atoms with Crippen LogP contribution in [0.25, 0.3) is 0 Å². The number of hydrogen-bond donors (Lipinski definition) is 1. The summed E-state index contributed by atoms with van der Waals surface area (Å²) in [6, 6.07) is 0. The van der Waals surface area contributed by atoms with Crippen LogP contribution in [0.15, 0.2) is 0 Å². The summed E-state index contributed by atoms with van der Waals surface area (Å²) in [5.41, 5.74) is 0. The van der Waals surface area contributed by atoms with Crippen LogP contribution in [0, 0.1) is 0 Å². The topological polar surface area (TPSA) is 29.5 Å². The van der Waals surface area contributed by atoms with E-state index in [1.54, 1.807) is 0 Å². The van der Waals surface area contributed by atoms with Crippen molar-refractivity contribution in [1.82, 2.24) is 0 Å². The average Bonchev–Trinajstić information content (AvgIpc) is 2.10. The lowest BCUT2D eigenvalue weighted by atomic mass is 10.2. The van der Waals surface area contributed by atoms with Crippen molar-refractivity contribution < 1.29 is 12.6 Å². The highest BCUT2D eigenvalue weighted by Gasteiger charge is 2.12. The van der Waals surface area contributed by atoms with Gasteiger partial charge in [-0.2, -0.15) is 0 Å². The first-order chi connectivity index (χ1) is 4.14. The van der Waals surface area contributed by atoms with Gasteiger partial charge in [0.2, 0.25) is 0 Å². The van der Waals surface area contributed by atoms with Crippen molar-refractivity contribution in [3.63, 3.8) is 0 Å². The monoisotopic (exact) mass is 104 g/mol. The van der Waals surface area contributed by atoms with Crippen LogP contribution >= 0.6 is 0 Å². The molecule has 1 rings (SSSR count). The molecule has 0 spiro atoms. The Kier molecular flexibility index (Phi) is 0.995. The van der Waals surface area contributed by atoms with E-state index in [9.17, 15) is 0 Å². The molecule has 2 nitrogen and oxygen atoms in total. The van der Waals surface area contributed by atoms with Gasteiger partial charge in [-0.15, -0.1) is 0 Å². The quantitative estimate of drug-likeness (QED) is 0.513. The fourth-order valence-electron chi connectivity index (χ4n) is 0.584. The third-order valence-electron chi connectivity index (χ3n) is 1.02. The first-order valence-electron chi connectivity index (χ1n) is 3.43. The van der Waals surface area contributed by atoms with E-state index in [1.807, 2.05) is 0 Å². The number of aliphatic hydroxyl groups is 1. The summed E-state index contributed by atoms with van der Waals surface area (Å²) < 4.78 is 18.9. The summed E-state index contributed by atoms with van der Waals surface area (Å²) in [4.78, 5) is 0. The van der Waals surface area contributed by atoms with Crippen LogP contribution in [0.2, 0.25) is 0 Å². The van der Waals surface area contributed by atoms with E-state index in [0.29, 0.717) is 12.8 Å². The Morgan fingerprint density at radius 1 is 2.00 bits per heavy atom. The van der Waals surface area contributed by atoms with E-state index in [0.717, 1.165) is 0 Å². The molecule has 0 aliphatic carbocycles. The predicted molar refractivity (Wildman–Crippen MR) is 26.1 cm³/mol. The molecule has 0 aromatic rings. The minimum Gasteiger partial charge on any atom is -0.394 e. The van der Waals surface area contributed by atoms with Gasteiger partial charge in [0, 0.05) is 6.56 Å². The number of hydrogen-bond acceptors (Lipinski definition) is 2. The van der Waals surface area contributed by atoms with Crippen LogP contribution in [0.5, 0.6) is 0 Å². The van der Waals surface area contributed by atoms with Gasteiger partial charge >= 0.3 is 0 Å². The normalized spacial score (nSPS) is 42.7. The maximum Gasteiger partial charge on any atom is 0.0806 e. The molecule has 7 heavy (non-hydrogen) atoms. The van der Waals surface area contributed by atoms with Crippen LogP contribution in [0.1, 0.15) is 15.6 Å². The largest absolute Gasteiger partial charge is 0.394 e. The molecule has 0 amide bonds. The van der Waals surface area contributed by atoms with Crippen molar-refractivity contribution in [2.24, 2.45) is 0 Å². The van der Waals surface area contributed by atoms with Crippen molar-refractivity contribution in [2.75, 3.05) is 13.2 Å². The second-order valence-corrected chi connectivity index (χ2v) is 1.61. The minimum atomic E-state index is -1.49. The van der Waals surface area contributed by atoms with Crippen LogP contribution in [-0.2, 0) is 4.74 Å². The molecule has 1 unspecified atom stereocenters. The molecule has 1 N–H and O–H groups in total. The molecule has 1 fully saturated rings. The van der Waals surface area contributed by atoms with Crippen molar-refractivity contribution in [3.05, 3.63) is 0 Å². The summed E-state index contributed by atoms with van der Waals surface area (Å²) in [5.74, 6) is 0. The third-order valence-corrected chi connectivity index (χ3v) is 1.02. The van der Waals surface area contributed by atoms with E-state index >= 15 is 0 Å². The van der Waals surface area contributed by atoms with Crippen LogP contribution in [0.4, 0.5) is 0 Å². The fourth-order valence-corrected chi connectivity index (χ4v) is 0.584. The highest BCUT2D eigenvalue weighted by molar-refractivity contribution is 4.61. The highest BCUT2D eigenvalue weighted by Crippen LogP contribution is 2.09. The fraction of sp³-hybridized carbons (Fsp3) is 1.00. The first kappa shape index (κ1) is 3.05. The van der Waals surface area contributed by atoms with E-state index in [4.69, 9.17) is 12.6 Å². The molecule has 0 bridgehead atoms. The molecule has 0 aromatic heterocycles. The molecule has 1 aliphatic heterocycles. The number of aliphatic hydroxyl groups excluding tert-OH is 1. The van der Waals surface area contributed by atoms with Gasteiger partial charge in [-0.1, -0.05) is 0 Å². The molecule has 0 radical (unpaired) electrons. The van der Waals surface area contributed by atoms with Crippen LogP contribution < -0.4 is 0 Å². The Morgan fingerprint density at radius 3 is 3.14 bits per heavy atom. The SMILES string of the molecule is [2H]C1([2H])CCC(CO)O1. The van der Waals surface area contributed by atoms with Gasteiger partial charge in [-0.05, 0) is 12.8 Å². The standard InChI is InChI=1S/C5H10O2/c6-4-5-2-1-3-7-5/h5-6H,1-4H2/i3D2. The second kappa shape index (κ2) is 2.28. The van der Waals surface area contributed by atoms with E-state index in [-0.39, 0.29) is 12.7 Å². The maximum atomic E-state index is 8.51. The molecule has 1 heterocycles. The lowest BCUT2D eigenvalue weighted by Gasteiger charge is -2.00. The zero-order chi connectivity index (χ0) is 6.91. The molecule has 42 valence electrons. The minimum absolute atomic E-state index is 0.0699. The van der Waals surface area contributed by atoms with Gasteiger partial charge in [-0.25, -0.2) is 0 Å². The van der Waals surface area contributed by atoms with Crippen LogP contribution in [-0.4, -0.2) is 24.4 Å². The van der Waals surface area contributed by atoms with Crippen LogP contribution in [0.3, 0.4) is 0 Å². The van der Waals surface area contributed by atoms with Gasteiger partial charge in [0.1, 0.15) is 0 Å². The smallest absolute Gasteiger partial charge is 0.0806 e. The lowest BCUT2D eigenvalue weighted by molar-refractivity contribution is 0.0591. The zero-order valence-corrected chi connectivity index (χ0v) is 4.05. The molecule has 0 aromatic carbocycles. The third kappa shape index (κ3) is 1.14. The Hall–Kier alpha value is -0.0800. The van der Waals surface area contributed by atoms with E-state index in [1.165, 1.54) is 0 Å². The van der Waals surface area contributed by atoms with Gasteiger partial charge < -0.3 is 9.84 Å². The Bertz CT molecular complexity index is 105. The Labute approximate surface area is 45.9 Å². The number of ether oxygens (including phenoxy) is 1. The van der Waals surface area contributed by atoms with Crippen molar-refractivity contribution in [3.8, 4) is 0 Å². The number of rotatable bonds is 1. The Morgan fingerprint density at radius 2 is 2.86 bits per heavy atom.